The summed E-state index contributed by atoms with van der Waals surface area (Å²) in [5.74, 6) is -0.565. The standard InChI is InChI=1S/C12H15NO4/c1-12(2,16)8-17-13(9-14)11(15)10-6-4-3-5-7-10/h3-7,9,16H,8H2,1-2H3. The van der Waals surface area contributed by atoms with E-state index in [0.29, 0.717) is 10.6 Å². The van der Waals surface area contributed by atoms with Crippen molar-refractivity contribution in [1.29, 1.82) is 0 Å². The van der Waals surface area contributed by atoms with Crippen LogP contribution in [0.4, 0.5) is 0 Å². The van der Waals surface area contributed by atoms with E-state index in [1.165, 1.54) is 13.8 Å². The summed E-state index contributed by atoms with van der Waals surface area (Å²) in [4.78, 5) is 27.5. The average Bonchev–Trinajstić information content (AvgIpc) is 2.29. The minimum atomic E-state index is -1.11. The SMILES string of the molecule is CC(C)(O)CON(C=O)C(=O)c1ccccc1. The maximum atomic E-state index is 11.8. The third kappa shape index (κ3) is 4.34. The molecular formula is C12H15NO4. The van der Waals surface area contributed by atoms with E-state index in [1.54, 1.807) is 30.3 Å². The van der Waals surface area contributed by atoms with Crippen LogP contribution in [-0.2, 0) is 9.63 Å². The highest BCUT2D eigenvalue weighted by Gasteiger charge is 2.20. The molecule has 5 nitrogen and oxygen atoms in total. The van der Waals surface area contributed by atoms with Crippen LogP contribution in [0.5, 0.6) is 0 Å². The van der Waals surface area contributed by atoms with Crippen LogP contribution in [-0.4, -0.2) is 34.7 Å². The quantitative estimate of drug-likeness (QED) is 0.612. The van der Waals surface area contributed by atoms with E-state index in [2.05, 4.69) is 0 Å². The molecule has 0 atom stereocenters. The largest absolute Gasteiger partial charge is 0.388 e. The molecule has 0 spiro atoms. The molecule has 0 aromatic heterocycles. The van der Waals surface area contributed by atoms with Gasteiger partial charge in [0.1, 0.15) is 6.61 Å². The van der Waals surface area contributed by atoms with Crippen molar-refractivity contribution in [3.63, 3.8) is 0 Å². The van der Waals surface area contributed by atoms with Gasteiger partial charge in [-0.15, -0.1) is 0 Å². The molecule has 0 aliphatic carbocycles. The summed E-state index contributed by atoms with van der Waals surface area (Å²) in [6, 6.07) is 8.29. The summed E-state index contributed by atoms with van der Waals surface area (Å²) < 4.78 is 0. The topological polar surface area (TPSA) is 66.8 Å². The highest BCUT2D eigenvalue weighted by molar-refractivity contribution is 5.98. The van der Waals surface area contributed by atoms with E-state index >= 15 is 0 Å². The maximum Gasteiger partial charge on any atom is 0.284 e. The molecule has 1 aromatic carbocycles. The predicted octanol–water partition coefficient (Wildman–Crippen LogP) is 0.988. The molecule has 0 saturated carbocycles. The highest BCUT2D eigenvalue weighted by Crippen LogP contribution is 2.07. The first-order valence-corrected chi connectivity index (χ1v) is 5.13. The lowest BCUT2D eigenvalue weighted by atomic mass is 10.2. The van der Waals surface area contributed by atoms with Gasteiger partial charge < -0.3 is 5.11 Å². The lowest BCUT2D eigenvalue weighted by Gasteiger charge is -2.21. The minimum Gasteiger partial charge on any atom is -0.388 e. The van der Waals surface area contributed by atoms with Crippen molar-refractivity contribution in [1.82, 2.24) is 5.06 Å². The van der Waals surface area contributed by atoms with E-state index in [1.807, 2.05) is 0 Å². The van der Waals surface area contributed by atoms with E-state index in [0.717, 1.165) is 0 Å². The van der Waals surface area contributed by atoms with Gasteiger partial charge >= 0.3 is 0 Å². The van der Waals surface area contributed by atoms with Gasteiger partial charge in [0.05, 0.1) is 5.60 Å². The number of nitrogens with zero attached hydrogens (tertiary/aromatic N) is 1. The van der Waals surface area contributed by atoms with Crippen molar-refractivity contribution in [2.24, 2.45) is 0 Å². The Morgan fingerprint density at radius 3 is 2.47 bits per heavy atom. The number of hydrogen-bond acceptors (Lipinski definition) is 4. The van der Waals surface area contributed by atoms with Crippen molar-refractivity contribution in [2.45, 2.75) is 19.4 Å². The summed E-state index contributed by atoms with van der Waals surface area (Å²) in [5, 5.41) is 10.0. The number of hydrogen-bond donors (Lipinski definition) is 1. The number of carbonyl (C=O) groups excluding carboxylic acids is 2. The van der Waals surface area contributed by atoms with Gasteiger partial charge in [-0.3, -0.25) is 14.4 Å². The molecule has 1 aromatic rings. The van der Waals surface area contributed by atoms with Crippen LogP contribution < -0.4 is 0 Å². The second-order valence-corrected chi connectivity index (χ2v) is 4.19. The lowest BCUT2D eigenvalue weighted by Crippen LogP contribution is -2.36. The lowest BCUT2D eigenvalue weighted by molar-refractivity contribution is -0.172. The van der Waals surface area contributed by atoms with E-state index in [4.69, 9.17) is 4.84 Å². The molecule has 0 saturated heterocycles. The smallest absolute Gasteiger partial charge is 0.284 e. The van der Waals surface area contributed by atoms with Crippen LogP contribution in [0.2, 0.25) is 0 Å². The van der Waals surface area contributed by atoms with Gasteiger partial charge in [0.25, 0.3) is 5.91 Å². The van der Waals surface area contributed by atoms with Gasteiger partial charge in [-0.2, -0.15) is 5.06 Å². The molecule has 1 N–H and O–H groups in total. The Bertz CT molecular complexity index is 383. The van der Waals surface area contributed by atoms with E-state index < -0.39 is 11.5 Å². The zero-order valence-electron chi connectivity index (χ0n) is 9.79. The fourth-order valence-electron chi connectivity index (χ4n) is 1.07. The monoisotopic (exact) mass is 237 g/mol. The van der Waals surface area contributed by atoms with Crippen LogP contribution in [0.1, 0.15) is 24.2 Å². The molecule has 1 rings (SSSR count). The van der Waals surface area contributed by atoms with Gasteiger partial charge in [0.2, 0.25) is 6.41 Å². The number of rotatable bonds is 5. The molecule has 92 valence electrons. The Morgan fingerprint density at radius 2 is 2.00 bits per heavy atom. The summed E-state index contributed by atoms with van der Waals surface area (Å²) in [6.07, 6.45) is 0.279. The third-order valence-corrected chi connectivity index (χ3v) is 1.87. The number of benzene rings is 1. The van der Waals surface area contributed by atoms with Crippen molar-refractivity contribution in [3.8, 4) is 0 Å². The molecule has 0 heterocycles. The average molecular weight is 237 g/mol. The molecular weight excluding hydrogens is 222 g/mol. The molecule has 17 heavy (non-hydrogen) atoms. The predicted molar refractivity (Wildman–Crippen MR) is 60.9 cm³/mol. The highest BCUT2D eigenvalue weighted by atomic mass is 16.7. The second-order valence-electron chi connectivity index (χ2n) is 4.19. The first-order valence-electron chi connectivity index (χ1n) is 5.13. The van der Waals surface area contributed by atoms with Crippen LogP contribution in [0.15, 0.2) is 30.3 Å². The number of amides is 2. The molecule has 2 amide bonds. The zero-order chi connectivity index (χ0) is 12.9. The minimum absolute atomic E-state index is 0.148. The van der Waals surface area contributed by atoms with Crippen LogP contribution in [0.25, 0.3) is 0 Å². The van der Waals surface area contributed by atoms with E-state index in [9.17, 15) is 14.7 Å². The second kappa shape index (κ2) is 5.56. The van der Waals surface area contributed by atoms with Gasteiger partial charge in [-0.05, 0) is 26.0 Å². The Balaban J connectivity index is 2.69. The molecule has 0 aliphatic heterocycles. The zero-order valence-corrected chi connectivity index (χ0v) is 9.79. The van der Waals surface area contributed by atoms with Gasteiger partial charge in [0.15, 0.2) is 0 Å². The Hall–Kier alpha value is -1.72. The Morgan fingerprint density at radius 1 is 1.41 bits per heavy atom. The number of imide groups is 1. The maximum absolute atomic E-state index is 11.8. The van der Waals surface area contributed by atoms with Crippen molar-refractivity contribution in [3.05, 3.63) is 35.9 Å². The van der Waals surface area contributed by atoms with Crippen molar-refractivity contribution in [2.75, 3.05) is 6.61 Å². The molecule has 0 aliphatic rings. The van der Waals surface area contributed by atoms with Crippen molar-refractivity contribution < 1.29 is 19.5 Å². The molecule has 0 unspecified atom stereocenters. The van der Waals surface area contributed by atoms with Crippen LogP contribution in [0.3, 0.4) is 0 Å². The summed E-state index contributed by atoms with van der Waals surface area (Å²) >= 11 is 0. The Kier molecular flexibility index (Phi) is 4.37. The number of carbonyl (C=O) groups is 2. The third-order valence-electron chi connectivity index (χ3n) is 1.87. The van der Waals surface area contributed by atoms with Crippen molar-refractivity contribution >= 4 is 12.3 Å². The van der Waals surface area contributed by atoms with E-state index in [-0.39, 0.29) is 13.0 Å². The molecule has 5 heteroatoms. The number of hydroxylamine groups is 2. The van der Waals surface area contributed by atoms with Crippen LogP contribution >= 0.6 is 0 Å². The van der Waals surface area contributed by atoms with Crippen LogP contribution in [0, 0.1) is 0 Å². The normalized spacial score (nSPS) is 11.0. The Labute approximate surface area is 99.6 Å². The summed E-state index contributed by atoms with van der Waals surface area (Å²) in [6.45, 7) is 2.89. The molecule has 0 fully saturated rings. The fourth-order valence-corrected chi connectivity index (χ4v) is 1.07. The fraction of sp³-hybridized carbons (Fsp3) is 0.333. The van der Waals surface area contributed by atoms with Gasteiger partial charge in [0, 0.05) is 5.56 Å². The first kappa shape index (κ1) is 13.3. The first-order chi connectivity index (χ1) is 7.94. The summed E-state index contributed by atoms with van der Waals surface area (Å²) in [7, 11) is 0. The molecule has 0 radical (unpaired) electrons. The molecule has 0 bridgehead atoms. The van der Waals surface area contributed by atoms with Gasteiger partial charge in [-0.1, -0.05) is 18.2 Å². The van der Waals surface area contributed by atoms with Gasteiger partial charge in [-0.25, -0.2) is 0 Å². The summed E-state index contributed by atoms with van der Waals surface area (Å²) in [5.41, 5.74) is -0.770. The number of aliphatic hydroxyl groups is 1.